The molecule has 1 aromatic rings. The minimum atomic E-state index is -1.52. The third kappa shape index (κ3) is 3.25. The summed E-state index contributed by atoms with van der Waals surface area (Å²) in [5.74, 6) is -1.66. The SMILES string of the molecule is NC(=O)[C@H](O)CC(=O)Nc1ccccc1O. The number of primary amides is 1. The standard InChI is InChI=1S/C10H12N2O4/c11-10(16)8(14)5-9(15)12-6-3-1-2-4-7(6)13/h1-4,8,13-14H,5H2,(H2,11,16)(H,12,15)/t8-/m1/s1. The van der Waals surface area contributed by atoms with Crippen molar-refractivity contribution < 1.29 is 19.8 Å². The number of carbonyl (C=O) groups excluding carboxylic acids is 2. The Morgan fingerprint density at radius 1 is 1.38 bits per heavy atom. The van der Waals surface area contributed by atoms with Crippen LogP contribution >= 0.6 is 0 Å². The third-order valence-corrected chi connectivity index (χ3v) is 1.89. The van der Waals surface area contributed by atoms with E-state index in [-0.39, 0.29) is 11.4 Å². The van der Waals surface area contributed by atoms with Crippen LogP contribution in [-0.4, -0.2) is 28.1 Å². The zero-order chi connectivity index (χ0) is 12.1. The van der Waals surface area contributed by atoms with Crippen LogP contribution in [-0.2, 0) is 9.59 Å². The fourth-order valence-corrected chi connectivity index (χ4v) is 1.06. The minimum Gasteiger partial charge on any atom is -0.506 e. The minimum absolute atomic E-state index is 0.0931. The molecule has 0 spiro atoms. The number of nitrogens with one attached hydrogen (secondary N) is 1. The molecule has 5 N–H and O–H groups in total. The van der Waals surface area contributed by atoms with E-state index in [2.05, 4.69) is 5.32 Å². The third-order valence-electron chi connectivity index (χ3n) is 1.89. The van der Waals surface area contributed by atoms with E-state index in [4.69, 9.17) is 10.8 Å². The van der Waals surface area contributed by atoms with E-state index in [1.807, 2.05) is 0 Å². The highest BCUT2D eigenvalue weighted by molar-refractivity contribution is 5.95. The van der Waals surface area contributed by atoms with Gasteiger partial charge in [0, 0.05) is 0 Å². The summed E-state index contributed by atoms with van der Waals surface area (Å²) in [6.07, 6.45) is -1.96. The molecule has 0 fully saturated rings. The lowest BCUT2D eigenvalue weighted by molar-refractivity contribution is -0.130. The summed E-state index contributed by atoms with van der Waals surface area (Å²) in [5.41, 5.74) is 5.00. The quantitative estimate of drug-likeness (QED) is 0.519. The number of anilines is 1. The molecule has 0 aliphatic rings. The van der Waals surface area contributed by atoms with Crippen LogP contribution in [0.3, 0.4) is 0 Å². The molecule has 0 saturated carbocycles. The summed E-state index contributed by atoms with van der Waals surface area (Å²) in [6.45, 7) is 0. The Morgan fingerprint density at radius 2 is 2.00 bits per heavy atom. The second-order valence-corrected chi connectivity index (χ2v) is 3.19. The van der Waals surface area contributed by atoms with E-state index in [9.17, 15) is 14.7 Å². The van der Waals surface area contributed by atoms with Gasteiger partial charge >= 0.3 is 0 Å². The largest absolute Gasteiger partial charge is 0.506 e. The molecule has 1 atom stereocenters. The van der Waals surface area contributed by atoms with Gasteiger partial charge in [-0.25, -0.2) is 0 Å². The van der Waals surface area contributed by atoms with Gasteiger partial charge in [-0.05, 0) is 12.1 Å². The first kappa shape index (κ1) is 12.0. The van der Waals surface area contributed by atoms with Gasteiger partial charge < -0.3 is 21.3 Å². The number of hydrogen-bond donors (Lipinski definition) is 4. The van der Waals surface area contributed by atoms with E-state index < -0.39 is 24.3 Å². The predicted molar refractivity (Wildman–Crippen MR) is 56.6 cm³/mol. The lowest BCUT2D eigenvalue weighted by atomic mass is 10.2. The Morgan fingerprint density at radius 3 is 2.56 bits per heavy atom. The van der Waals surface area contributed by atoms with E-state index in [1.54, 1.807) is 12.1 Å². The Balaban J connectivity index is 2.59. The van der Waals surface area contributed by atoms with Crippen LogP contribution in [0.15, 0.2) is 24.3 Å². The molecule has 0 aliphatic heterocycles. The first-order valence-electron chi connectivity index (χ1n) is 4.56. The van der Waals surface area contributed by atoms with Crippen LogP contribution in [0.4, 0.5) is 5.69 Å². The average molecular weight is 224 g/mol. The topological polar surface area (TPSA) is 113 Å². The predicted octanol–water partition coefficient (Wildman–Crippen LogP) is -0.433. The van der Waals surface area contributed by atoms with Crippen molar-refractivity contribution in [2.24, 2.45) is 5.73 Å². The van der Waals surface area contributed by atoms with Gasteiger partial charge in [0.1, 0.15) is 11.9 Å². The number of benzene rings is 1. The second-order valence-electron chi connectivity index (χ2n) is 3.19. The molecule has 2 amide bonds. The number of nitrogens with two attached hydrogens (primary N) is 1. The fourth-order valence-electron chi connectivity index (χ4n) is 1.06. The van der Waals surface area contributed by atoms with Gasteiger partial charge in [0.25, 0.3) is 0 Å². The second kappa shape index (κ2) is 5.13. The van der Waals surface area contributed by atoms with Gasteiger partial charge in [-0.15, -0.1) is 0 Å². The molecule has 1 rings (SSSR count). The molecular weight excluding hydrogens is 212 g/mol. The maximum Gasteiger partial charge on any atom is 0.246 e. The maximum absolute atomic E-state index is 11.3. The molecule has 1 aromatic carbocycles. The highest BCUT2D eigenvalue weighted by Crippen LogP contribution is 2.21. The number of carbonyl (C=O) groups is 2. The van der Waals surface area contributed by atoms with Gasteiger partial charge in [0.05, 0.1) is 12.1 Å². The molecule has 0 aliphatic carbocycles. The van der Waals surface area contributed by atoms with Crippen LogP contribution in [0, 0.1) is 0 Å². The molecule has 0 saturated heterocycles. The number of hydrogen-bond acceptors (Lipinski definition) is 4. The van der Waals surface area contributed by atoms with Crippen molar-refractivity contribution in [1.29, 1.82) is 0 Å². The first-order chi connectivity index (χ1) is 7.50. The van der Waals surface area contributed by atoms with E-state index in [0.717, 1.165) is 0 Å². The van der Waals surface area contributed by atoms with E-state index in [1.165, 1.54) is 12.1 Å². The van der Waals surface area contributed by atoms with Crippen molar-refractivity contribution in [3.8, 4) is 5.75 Å². The number of rotatable bonds is 4. The van der Waals surface area contributed by atoms with Gasteiger partial charge in [-0.3, -0.25) is 9.59 Å². The van der Waals surface area contributed by atoms with Crippen LogP contribution in [0.25, 0.3) is 0 Å². The number of phenols is 1. The van der Waals surface area contributed by atoms with E-state index in [0.29, 0.717) is 0 Å². The zero-order valence-electron chi connectivity index (χ0n) is 8.38. The summed E-state index contributed by atoms with van der Waals surface area (Å²) in [5, 5.41) is 20.7. The van der Waals surface area contributed by atoms with Crippen molar-refractivity contribution in [1.82, 2.24) is 0 Å². The molecular formula is C10H12N2O4. The summed E-state index contributed by atoms with van der Waals surface area (Å²) < 4.78 is 0. The number of aromatic hydroxyl groups is 1. The summed E-state index contributed by atoms with van der Waals surface area (Å²) >= 11 is 0. The zero-order valence-corrected chi connectivity index (χ0v) is 8.38. The maximum atomic E-state index is 11.3. The van der Waals surface area contributed by atoms with Crippen LogP contribution in [0.1, 0.15) is 6.42 Å². The Bertz CT molecular complexity index is 406. The Labute approximate surface area is 91.7 Å². The summed E-state index contributed by atoms with van der Waals surface area (Å²) in [6, 6.07) is 6.12. The highest BCUT2D eigenvalue weighted by atomic mass is 16.3. The molecule has 0 radical (unpaired) electrons. The van der Waals surface area contributed by atoms with Gasteiger partial charge in [0.15, 0.2) is 0 Å². The highest BCUT2D eigenvalue weighted by Gasteiger charge is 2.16. The smallest absolute Gasteiger partial charge is 0.246 e. The van der Waals surface area contributed by atoms with Gasteiger partial charge in [-0.2, -0.15) is 0 Å². The summed E-state index contributed by atoms with van der Waals surface area (Å²) in [7, 11) is 0. The van der Waals surface area contributed by atoms with Crippen molar-refractivity contribution in [2.75, 3.05) is 5.32 Å². The number of phenolic OH excluding ortho intramolecular Hbond substituents is 1. The van der Waals surface area contributed by atoms with Crippen molar-refractivity contribution >= 4 is 17.5 Å². The monoisotopic (exact) mass is 224 g/mol. The first-order valence-corrected chi connectivity index (χ1v) is 4.56. The van der Waals surface area contributed by atoms with E-state index >= 15 is 0 Å². The van der Waals surface area contributed by atoms with Gasteiger partial charge in [-0.1, -0.05) is 12.1 Å². The Hall–Kier alpha value is -2.08. The summed E-state index contributed by atoms with van der Waals surface area (Å²) in [4.78, 5) is 21.8. The molecule has 0 aromatic heterocycles. The fraction of sp³-hybridized carbons (Fsp3) is 0.200. The molecule has 6 nitrogen and oxygen atoms in total. The lowest BCUT2D eigenvalue weighted by Crippen LogP contribution is -2.32. The normalized spacial score (nSPS) is 11.8. The molecule has 86 valence electrons. The van der Waals surface area contributed by atoms with Gasteiger partial charge in [0.2, 0.25) is 11.8 Å². The molecule has 0 unspecified atom stereocenters. The average Bonchev–Trinajstić information content (AvgIpc) is 2.21. The van der Waals surface area contributed by atoms with Crippen LogP contribution in [0.2, 0.25) is 0 Å². The van der Waals surface area contributed by atoms with Crippen molar-refractivity contribution in [2.45, 2.75) is 12.5 Å². The lowest BCUT2D eigenvalue weighted by Gasteiger charge is -2.08. The van der Waals surface area contributed by atoms with Crippen molar-refractivity contribution in [3.05, 3.63) is 24.3 Å². The van der Waals surface area contributed by atoms with Crippen LogP contribution < -0.4 is 11.1 Å². The molecule has 0 bridgehead atoms. The Kier molecular flexibility index (Phi) is 3.84. The number of amides is 2. The number of aliphatic hydroxyl groups is 1. The number of aliphatic hydroxyl groups excluding tert-OH is 1. The number of para-hydroxylation sites is 2. The molecule has 6 heteroatoms. The molecule has 0 heterocycles. The molecule has 16 heavy (non-hydrogen) atoms. The van der Waals surface area contributed by atoms with Crippen LogP contribution in [0.5, 0.6) is 5.75 Å². The van der Waals surface area contributed by atoms with Crippen molar-refractivity contribution in [3.63, 3.8) is 0 Å².